The zero-order chi connectivity index (χ0) is 12.4. The summed E-state index contributed by atoms with van der Waals surface area (Å²) in [5.74, 6) is 0.0333. The second-order valence-corrected chi connectivity index (χ2v) is 4.17. The molecule has 0 radical (unpaired) electrons. The molecule has 1 aliphatic rings. The molecule has 1 aromatic rings. The Balaban J connectivity index is 2.46. The third kappa shape index (κ3) is 1.99. The number of likely N-dealkylation sites (N-methyl/N-ethyl adjacent to an activating group) is 1. The highest BCUT2D eigenvalue weighted by molar-refractivity contribution is 5.79. The summed E-state index contributed by atoms with van der Waals surface area (Å²) in [7, 11) is 1.81. The van der Waals surface area contributed by atoms with Crippen LogP contribution < -0.4 is 10.6 Å². The number of fused-ring (bicyclic) bond motifs is 1. The summed E-state index contributed by atoms with van der Waals surface area (Å²) in [5, 5.41) is 25.4. The van der Waals surface area contributed by atoms with Crippen LogP contribution in [0.4, 0.5) is 5.69 Å². The fourth-order valence-corrected chi connectivity index (χ4v) is 2.39. The largest absolute Gasteiger partial charge is 0.506 e. The van der Waals surface area contributed by atoms with E-state index < -0.39 is 6.10 Å². The molecule has 17 heavy (non-hydrogen) atoms. The molecular formula is C12H16N2O3. The van der Waals surface area contributed by atoms with Gasteiger partial charge >= 0.3 is 0 Å². The fourth-order valence-electron chi connectivity index (χ4n) is 2.39. The van der Waals surface area contributed by atoms with E-state index in [9.17, 15) is 15.0 Å². The lowest BCUT2D eigenvalue weighted by molar-refractivity contribution is -0.105. The van der Waals surface area contributed by atoms with E-state index in [1.807, 2.05) is 7.05 Å². The van der Waals surface area contributed by atoms with Gasteiger partial charge in [0.25, 0.3) is 0 Å². The zero-order valence-electron chi connectivity index (χ0n) is 9.60. The lowest BCUT2D eigenvalue weighted by atomic mass is 9.84. The van der Waals surface area contributed by atoms with Gasteiger partial charge in [0.1, 0.15) is 5.75 Å². The first kappa shape index (κ1) is 11.9. The van der Waals surface area contributed by atoms with E-state index >= 15 is 0 Å². The van der Waals surface area contributed by atoms with Crippen LogP contribution >= 0.6 is 0 Å². The van der Waals surface area contributed by atoms with Crippen molar-refractivity contribution in [2.75, 3.05) is 12.4 Å². The number of aliphatic hydroxyl groups is 1. The summed E-state index contributed by atoms with van der Waals surface area (Å²) >= 11 is 0. The van der Waals surface area contributed by atoms with Gasteiger partial charge in [-0.3, -0.25) is 4.79 Å². The molecule has 1 amide bonds. The number of hydrogen-bond acceptors (Lipinski definition) is 4. The van der Waals surface area contributed by atoms with E-state index in [1.54, 1.807) is 6.07 Å². The molecule has 0 bridgehead atoms. The summed E-state index contributed by atoms with van der Waals surface area (Å²) in [6.07, 6.45) is 1.40. The summed E-state index contributed by atoms with van der Waals surface area (Å²) in [5.41, 5.74) is 1.99. The SMILES string of the molecule is CN[C@@H]1CCc2c(ccc(O)c2NC=O)[C@H]1O. The number of phenolic OH excluding ortho intramolecular Hbond substituents is 1. The molecule has 5 heteroatoms. The topological polar surface area (TPSA) is 81.6 Å². The van der Waals surface area contributed by atoms with E-state index in [1.165, 1.54) is 6.07 Å². The number of carbonyl (C=O) groups is 1. The minimum Gasteiger partial charge on any atom is -0.506 e. The number of benzene rings is 1. The van der Waals surface area contributed by atoms with Crippen LogP contribution in [0.25, 0.3) is 0 Å². The second-order valence-electron chi connectivity index (χ2n) is 4.17. The summed E-state index contributed by atoms with van der Waals surface area (Å²) in [4.78, 5) is 10.5. The monoisotopic (exact) mass is 236 g/mol. The molecule has 0 aliphatic heterocycles. The number of phenols is 1. The molecule has 5 nitrogen and oxygen atoms in total. The van der Waals surface area contributed by atoms with Gasteiger partial charge in [0.15, 0.2) is 0 Å². The summed E-state index contributed by atoms with van der Waals surface area (Å²) in [6.45, 7) is 0. The Hall–Kier alpha value is -1.59. The minimum absolute atomic E-state index is 0.0103. The molecule has 0 spiro atoms. The number of aliphatic hydroxyl groups excluding tert-OH is 1. The van der Waals surface area contributed by atoms with Crippen LogP contribution in [0.3, 0.4) is 0 Å². The van der Waals surface area contributed by atoms with Gasteiger partial charge in [-0.2, -0.15) is 0 Å². The quantitative estimate of drug-likeness (QED) is 0.456. The number of hydrogen-bond donors (Lipinski definition) is 4. The van der Waals surface area contributed by atoms with E-state index in [0.717, 1.165) is 17.5 Å². The van der Waals surface area contributed by atoms with Gasteiger partial charge in [0.05, 0.1) is 11.8 Å². The number of nitrogens with one attached hydrogen (secondary N) is 2. The molecule has 2 rings (SSSR count). The van der Waals surface area contributed by atoms with Crippen molar-refractivity contribution in [2.45, 2.75) is 25.0 Å². The maximum atomic E-state index is 10.5. The summed E-state index contributed by atoms with van der Waals surface area (Å²) < 4.78 is 0. The molecule has 1 aliphatic carbocycles. The Morgan fingerprint density at radius 1 is 1.47 bits per heavy atom. The van der Waals surface area contributed by atoms with Crippen LogP contribution in [0, 0.1) is 0 Å². The van der Waals surface area contributed by atoms with Gasteiger partial charge in [-0.15, -0.1) is 0 Å². The molecular weight excluding hydrogens is 220 g/mol. The molecule has 0 saturated carbocycles. The normalized spacial score (nSPS) is 22.9. The predicted molar refractivity (Wildman–Crippen MR) is 63.9 cm³/mol. The molecule has 0 fully saturated rings. The van der Waals surface area contributed by atoms with Crippen LogP contribution in [-0.2, 0) is 11.2 Å². The van der Waals surface area contributed by atoms with Crippen molar-refractivity contribution in [1.82, 2.24) is 5.32 Å². The third-order valence-electron chi connectivity index (χ3n) is 3.31. The minimum atomic E-state index is -0.614. The second kappa shape index (κ2) is 4.73. The predicted octanol–water partition coefficient (Wildman–Crippen LogP) is 0.528. The Bertz CT molecular complexity index is 434. The van der Waals surface area contributed by atoms with Crippen LogP contribution in [0.1, 0.15) is 23.7 Å². The molecule has 92 valence electrons. The van der Waals surface area contributed by atoms with Crippen molar-refractivity contribution in [1.29, 1.82) is 0 Å². The molecule has 2 atom stereocenters. The lowest BCUT2D eigenvalue weighted by Gasteiger charge is -2.31. The first-order chi connectivity index (χ1) is 8.19. The van der Waals surface area contributed by atoms with Gasteiger partial charge in [0, 0.05) is 6.04 Å². The van der Waals surface area contributed by atoms with Gasteiger partial charge in [-0.25, -0.2) is 0 Å². The Labute approximate surface area is 99.5 Å². The van der Waals surface area contributed by atoms with Crippen molar-refractivity contribution < 1.29 is 15.0 Å². The van der Waals surface area contributed by atoms with Crippen molar-refractivity contribution in [3.05, 3.63) is 23.3 Å². The zero-order valence-corrected chi connectivity index (χ0v) is 9.60. The fraction of sp³-hybridized carbons (Fsp3) is 0.417. The first-order valence-corrected chi connectivity index (χ1v) is 5.59. The average molecular weight is 236 g/mol. The van der Waals surface area contributed by atoms with Gasteiger partial charge in [-0.05, 0) is 37.1 Å². The van der Waals surface area contributed by atoms with Gasteiger partial charge in [-0.1, -0.05) is 6.07 Å². The Morgan fingerprint density at radius 3 is 2.88 bits per heavy atom. The molecule has 1 aromatic carbocycles. The van der Waals surface area contributed by atoms with Crippen LogP contribution in [-0.4, -0.2) is 29.7 Å². The van der Waals surface area contributed by atoms with Crippen molar-refractivity contribution in [3.63, 3.8) is 0 Å². The third-order valence-corrected chi connectivity index (χ3v) is 3.31. The average Bonchev–Trinajstić information content (AvgIpc) is 2.33. The standard InChI is InChI=1S/C12H16N2O3/c1-13-9-4-2-7-8(12(9)17)3-5-10(16)11(7)14-6-15/h3,5-6,9,12-13,16-17H,2,4H2,1H3,(H,14,15)/t9-,12-/m1/s1. The molecule has 0 unspecified atom stereocenters. The van der Waals surface area contributed by atoms with Crippen molar-refractivity contribution in [3.8, 4) is 5.75 Å². The Morgan fingerprint density at radius 2 is 2.24 bits per heavy atom. The smallest absolute Gasteiger partial charge is 0.211 e. The highest BCUT2D eigenvalue weighted by Crippen LogP contribution is 2.38. The van der Waals surface area contributed by atoms with Gasteiger partial charge < -0.3 is 20.8 Å². The van der Waals surface area contributed by atoms with Crippen molar-refractivity contribution >= 4 is 12.1 Å². The number of carbonyl (C=O) groups excluding carboxylic acids is 1. The van der Waals surface area contributed by atoms with Gasteiger partial charge in [0.2, 0.25) is 6.41 Å². The summed E-state index contributed by atoms with van der Waals surface area (Å²) in [6, 6.07) is 3.21. The number of aromatic hydroxyl groups is 1. The maximum absolute atomic E-state index is 10.5. The Kier molecular flexibility index (Phi) is 3.31. The first-order valence-electron chi connectivity index (χ1n) is 5.59. The molecule has 0 saturated heterocycles. The van der Waals surface area contributed by atoms with Crippen molar-refractivity contribution in [2.24, 2.45) is 0 Å². The molecule has 0 heterocycles. The lowest BCUT2D eigenvalue weighted by Crippen LogP contribution is -2.36. The van der Waals surface area contributed by atoms with Crippen LogP contribution in [0.15, 0.2) is 12.1 Å². The van der Waals surface area contributed by atoms with E-state index in [4.69, 9.17) is 0 Å². The van der Waals surface area contributed by atoms with E-state index in [-0.39, 0.29) is 11.8 Å². The number of rotatable bonds is 3. The maximum Gasteiger partial charge on any atom is 0.211 e. The number of anilines is 1. The highest BCUT2D eigenvalue weighted by Gasteiger charge is 2.29. The molecule has 0 aromatic heterocycles. The van der Waals surface area contributed by atoms with E-state index in [0.29, 0.717) is 18.5 Å². The van der Waals surface area contributed by atoms with E-state index in [2.05, 4.69) is 10.6 Å². The van der Waals surface area contributed by atoms with Crippen LogP contribution in [0.5, 0.6) is 5.75 Å². The molecule has 4 N–H and O–H groups in total. The highest BCUT2D eigenvalue weighted by atomic mass is 16.3. The van der Waals surface area contributed by atoms with Crippen LogP contribution in [0.2, 0.25) is 0 Å². The number of amides is 1.